The SMILES string of the molecule is COc1ccc(-c2ccc(C(=O)NC(c3nnn[nH]3)C3CCCCC3)c([N+](=O)[O-])c2)cc1. The predicted molar refractivity (Wildman–Crippen MR) is 116 cm³/mol. The van der Waals surface area contributed by atoms with E-state index in [1.54, 1.807) is 25.3 Å². The molecule has 1 saturated carbocycles. The van der Waals surface area contributed by atoms with Crippen LogP contribution in [0.1, 0.15) is 54.3 Å². The Morgan fingerprint density at radius 1 is 1.16 bits per heavy atom. The summed E-state index contributed by atoms with van der Waals surface area (Å²) in [5, 5.41) is 28.7. The van der Waals surface area contributed by atoms with Crippen molar-refractivity contribution < 1.29 is 14.5 Å². The molecule has 1 atom stereocenters. The molecule has 0 saturated heterocycles. The topological polar surface area (TPSA) is 136 Å². The molecule has 32 heavy (non-hydrogen) atoms. The number of nitro benzene ring substituents is 1. The number of hydrogen-bond donors (Lipinski definition) is 2. The quantitative estimate of drug-likeness (QED) is 0.424. The average Bonchev–Trinajstić information content (AvgIpc) is 3.37. The first-order valence-electron chi connectivity index (χ1n) is 10.5. The lowest BCUT2D eigenvalue weighted by atomic mass is 9.83. The highest BCUT2D eigenvalue weighted by Gasteiger charge is 2.31. The number of rotatable bonds is 7. The van der Waals surface area contributed by atoms with Crippen LogP contribution in [0.2, 0.25) is 0 Å². The van der Waals surface area contributed by atoms with Crippen LogP contribution in [0, 0.1) is 16.0 Å². The first-order chi connectivity index (χ1) is 15.6. The second kappa shape index (κ2) is 9.54. The molecule has 1 aliphatic rings. The fourth-order valence-corrected chi connectivity index (χ4v) is 4.23. The molecule has 2 aromatic carbocycles. The van der Waals surface area contributed by atoms with E-state index in [0.717, 1.165) is 37.7 Å². The number of nitro groups is 1. The molecule has 1 aliphatic carbocycles. The molecule has 1 unspecified atom stereocenters. The Morgan fingerprint density at radius 3 is 2.50 bits per heavy atom. The molecule has 0 spiro atoms. The van der Waals surface area contributed by atoms with Gasteiger partial charge in [0.2, 0.25) is 0 Å². The number of methoxy groups -OCH3 is 1. The van der Waals surface area contributed by atoms with Gasteiger partial charge in [-0.3, -0.25) is 14.9 Å². The summed E-state index contributed by atoms with van der Waals surface area (Å²) in [4.78, 5) is 24.4. The van der Waals surface area contributed by atoms with Crippen molar-refractivity contribution >= 4 is 11.6 Å². The molecule has 1 heterocycles. The van der Waals surface area contributed by atoms with Gasteiger partial charge in [-0.05, 0) is 58.5 Å². The second-order valence-corrected chi connectivity index (χ2v) is 7.85. The molecule has 1 aromatic heterocycles. The van der Waals surface area contributed by atoms with Gasteiger partial charge in [0.15, 0.2) is 5.82 Å². The molecule has 4 rings (SSSR count). The van der Waals surface area contributed by atoms with Crippen molar-refractivity contribution in [3.8, 4) is 16.9 Å². The number of ether oxygens (including phenoxy) is 1. The lowest BCUT2D eigenvalue weighted by Crippen LogP contribution is -2.35. The van der Waals surface area contributed by atoms with Crippen LogP contribution in [0.5, 0.6) is 5.75 Å². The van der Waals surface area contributed by atoms with Gasteiger partial charge in [0.05, 0.1) is 18.1 Å². The highest BCUT2D eigenvalue weighted by atomic mass is 16.6. The van der Waals surface area contributed by atoms with Crippen LogP contribution >= 0.6 is 0 Å². The minimum atomic E-state index is -0.534. The van der Waals surface area contributed by atoms with E-state index in [1.807, 2.05) is 12.1 Å². The summed E-state index contributed by atoms with van der Waals surface area (Å²) in [6, 6.07) is 11.4. The molecule has 166 valence electrons. The fraction of sp³-hybridized carbons (Fsp3) is 0.364. The van der Waals surface area contributed by atoms with Crippen LogP contribution in [-0.4, -0.2) is 38.6 Å². The van der Waals surface area contributed by atoms with Crippen LogP contribution in [0.25, 0.3) is 11.1 Å². The maximum Gasteiger partial charge on any atom is 0.282 e. The molecule has 0 radical (unpaired) electrons. The zero-order valence-electron chi connectivity index (χ0n) is 17.7. The van der Waals surface area contributed by atoms with E-state index >= 15 is 0 Å². The lowest BCUT2D eigenvalue weighted by Gasteiger charge is -2.29. The number of carbonyl (C=O) groups is 1. The lowest BCUT2D eigenvalue weighted by molar-refractivity contribution is -0.385. The summed E-state index contributed by atoms with van der Waals surface area (Å²) in [6.45, 7) is 0. The van der Waals surface area contributed by atoms with Gasteiger partial charge in [-0.1, -0.05) is 37.5 Å². The highest BCUT2D eigenvalue weighted by molar-refractivity contribution is 5.99. The molecule has 3 aromatic rings. The van der Waals surface area contributed by atoms with E-state index in [0.29, 0.717) is 17.1 Å². The minimum absolute atomic E-state index is 0.000505. The summed E-state index contributed by atoms with van der Waals surface area (Å²) in [6.07, 6.45) is 5.16. The van der Waals surface area contributed by atoms with Gasteiger partial charge >= 0.3 is 0 Å². The summed E-state index contributed by atoms with van der Waals surface area (Å²) in [5.74, 6) is 0.794. The first kappa shape index (κ1) is 21.4. The van der Waals surface area contributed by atoms with Gasteiger partial charge in [-0.15, -0.1) is 5.10 Å². The predicted octanol–water partition coefficient (Wildman–Crippen LogP) is 3.83. The van der Waals surface area contributed by atoms with E-state index in [4.69, 9.17) is 4.74 Å². The van der Waals surface area contributed by atoms with Gasteiger partial charge in [-0.25, -0.2) is 5.10 Å². The summed E-state index contributed by atoms with van der Waals surface area (Å²) < 4.78 is 5.16. The third-order valence-corrected chi connectivity index (χ3v) is 5.93. The van der Waals surface area contributed by atoms with Gasteiger partial charge in [-0.2, -0.15) is 0 Å². The van der Waals surface area contributed by atoms with Crippen LogP contribution in [0.4, 0.5) is 5.69 Å². The third-order valence-electron chi connectivity index (χ3n) is 5.93. The molecule has 0 aliphatic heterocycles. The second-order valence-electron chi connectivity index (χ2n) is 7.85. The standard InChI is InChI=1S/C22H24N6O4/c1-32-17-10-7-14(8-11-17)16-9-12-18(19(13-16)28(30)31)22(29)23-20(21-24-26-27-25-21)15-5-3-2-4-6-15/h7-13,15,20H,2-6H2,1H3,(H,23,29)(H,24,25,26,27). The zero-order chi connectivity index (χ0) is 22.5. The number of nitrogens with one attached hydrogen (secondary N) is 2. The number of nitrogens with zero attached hydrogens (tertiary/aromatic N) is 4. The Morgan fingerprint density at radius 2 is 1.88 bits per heavy atom. The zero-order valence-corrected chi connectivity index (χ0v) is 17.7. The highest BCUT2D eigenvalue weighted by Crippen LogP contribution is 2.34. The van der Waals surface area contributed by atoms with Crippen molar-refractivity contribution in [2.24, 2.45) is 5.92 Å². The third kappa shape index (κ3) is 4.58. The van der Waals surface area contributed by atoms with Crippen LogP contribution in [0.15, 0.2) is 42.5 Å². The number of aromatic amines is 1. The molecule has 1 amide bonds. The molecule has 1 fully saturated rings. The molecule has 2 N–H and O–H groups in total. The Kier molecular flexibility index (Phi) is 6.39. The largest absolute Gasteiger partial charge is 0.497 e. The summed E-state index contributed by atoms with van der Waals surface area (Å²) in [7, 11) is 1.57. The van der Waals surface area contributed by atoms with Gasteiger partial charge in [0.1, 0.15) is 11.3 Å². The average molecular weight is 436 g/mol. The monoisotopic (exact) mass is 436 g/mol. The number of H-pyrrole nitrogens is 1. The van der Waals surface area contributed by atoms with Crippen molar-refractivity contribution in [2.45, 2.75) is 38.1 Å². The Balaban J connectivity index is 1.62. The molecule has 10 heteroatoms. The van der Waals surface area contributed by atoms with Crippen molar-refractivity contribution in [3.05, 3.63) is 64.0 Å². The molecular weight excluding hydrogens is 412 g/mol. The van der Waals surface area contributed by atoms with Crippen molar-refractivity contribution in [1.29, 1.82) is 0 Å². The number of hydrogen-bond acceptors (Lipinski definition) is 7. The Bertz CT molecular complexity index is 1080. The van der Waals surface area contributed by atoms with Crippen molar-refractivity contribution in [2.75, 3.05) is 7.11 Å². The molecule has 0 bridgehead atoms. The van der Waals surface area contributed by atoms with Gasteiger partial charge in [0.25, 0.3) is 11.6 Å². The summed E-state index contributed by atoms with van der Waals surface area (Å²) in [5.41, 5.74) is 1.17. The molecular formula is C22H24N6O4. The van der Waals surface area contributed by atoms with E-state index in [9.17, 15) is 14.9 Å². The number of amides is 1. The van der Waals surface area contributed by atoms with Gasteiger partial charge < -0.3 is 10.1 Å². The fourth-order valence-electron chi connectivity index (χ4n) is 4.23. The maximum absolute atomic E-state index is 13.1. The normalized spacial score (nSPS) is 15.2. The van der Waals surface area contributed by atoms with Crippen LogP contribution in [-0.2, 0) is 0 Å². The van der Waals surface area contributed by atoms with Crippen LogP contribution in [0.3, 0.4) is 0 Å². The minimum Gasteiger partial charge on any atom is -0.497 e. The Hall–Kier alpha value is -3.82. The number of tetrazole rings is 1. The van der Waals surface area contributed by atoms with E-state index in [1.165, 1.54) is 12.1 Å². The van der Waals surface area contributed by atoms with E-state index in [2.05, 4.69) is 25.9 Å². The van der Waals surface area contributed by atoms with Crippen molar-refractivity contribution in [1.82, 2.24) is 25.9 Å². The van der Waals surface area contributed by atoms with Crippen molar-refractivity contribution in [3.63, 3.8) is 0 Å². The number of aromatic nitrogens is 4. The summed E-state index contributed by atoms with van der Waals surface area (Å²) >= 11 is 0. The molecule has 10 nitrogen and oxygen atoms in total. The van der Waals surface area contributed by atoms with Crippen LogP contribution < -0.4 is 10.1 Å². The smallest absolute Gasteiger partial charge is 0.282 e. The maximum atomic E-state index is 13.1. The Labute approximate surface area is 184 Å². The van der Waals surface area contributed by atoms with E-state index in [-0.39, 0.29) is 17.2 Å². The first-order valence-corrected chi connectivity index (χ1v) is 10.5. The number of benzene rings is 2. The van der Waals surface area contributed by atoms with E-state index < -0.39 is 16.9 Å². The van der Waals surface area contributed by atoms with Gasteiger partial charge in [0, 0.05) is 6.07 Å². The number of carbonyl (C=O) groups excluding carboxylic acids is 1.